The summed E-state index contributed by atoms with van der Waals surface area (Å²) in [6.45, 7) is 2.01. The van der Waals surface area contributed by atoms with Crippen molar-refractivity contribution in [3.63, 3.8) is 0 Å². The SMILES string of the molecule is Cc1csc(CSc2nncs2)n1. The van der Waals surface area contributed by atoms with Crippen LogP contribution in [-0.4, -0.2) is 15.2 Å². The molecule has 0 saturated heterocycles. The lowest BCUT2D eigenvalue weighted by Crippen LogP contribution is -1.79. The number of aromatic nitrogens is 3. The van der Waals surface area contributed by atoms with Crippen LogP contribution in [-0.2, 0) is 5.75 Å². The van der Waals surface area contributed by atoms with E-state index < -0.39 is 0 Å². The maximum Gasteiger partial charge on any atom is 0.174 e. The summed E-state index contributed by atoms with van der Waals surface area (Å²) in [5.74, 6) is 0.897. The summed E-state index contributed by atoms with van der Waals surface area (Å²) in [4.78, 5) is 4.36. The Bertz CT molecular complexity index is 368. The van der Waals surface area contributed by atoms with E-state index >= 15 is 0 Å². The highest BCUT2D eigenvalue weighted by Gasteiger charge is 2.01. The minimum absolute atomic E-state index is 0.897. The smallest absolute Gasteiger partial charge is 0.174 e. The van der Waals surface area contributed by atoms with Crippen LogP contribution in [0.15, 0.2) is 15.2 Å². The number of rotatable bonds is 3. The van der Waals surface area contributed by atoms with Crippen LogP contribution in [0.25, 0.3) is 0 Å². The lowest BCUT2D eigenvalue weighted by atomic mass is 10.6. The first-order valence-electron chi connectivity index (χ1n) is 3.64. The third kappa shape index (κ3) is 2.49. The molecule has 3 nitrogen and oxygen atoms in total. The van der Waals surface area contributed by atoms with Crippen molar-refractivity contribution < 1.29 is 0 Å². The van der Waals surface area contributed by atoms with E-state index in [1.165, 1.54) is 0 Å². The molecule has 0 fully saturated rings. The highest BCUT2D eigenvalue weighted by Crippen LogP contribution is 2.24. The van der Waals surface area contributed by atoms with Gasteiger partial charge in [-0.05, 0) is 6.92 Å². The summed E-state index contributed by atoms with van der Waals surface area (Å²) in [5.41, 5.74) is 2.84. The normalized spacial score (nSPS) is 10.5. The van der Waals surface area contributed by atoms with Gasteiger partial charge in [-0.2, -0.15) is 0 Å². The Hall–Kier alpha value is -0.460. The summed E-state index contributed by atoms with van der Waals surface area (Å²) < 4.78 is 1.01. The van der Waals surface area contributed by atoms with Gasteiger partial charge in [-0.25, -0.2) is 4.98 Å². The van der Waals surface area contributed by atoms with Gasteiger partial charge in [-0.3, -0.25) is 0 Å². The number of thiazole rings is 1. The van der Waals surface area contributed by atoms with Gasteiger partial charge in [-0.15, -0.1) is 21.5 Å². The molecule has 68 valence electrons. The molecule has 0 saturated carbocycles. The molecule has 0 aliphatic carbocycles. The summed E-state index contributed by atoms with van der Waals surface area (Å²) >= 11 is 4.95. The van der Waals surface area contributed by atoms with Crippen molar-refractivity contribution in [3.8, 4) is 0 Å². The van der Waals surface area contributed by atoms with Gasteiger partial charge in [-0.1, -0.05) is 23.1 Å². The third-order valence-corrected chi connectivity index (χ3v) is 4.35. The molecule has 0 unspecified atom stereocenters. The Morgan fingerprint density at radius 2 is 2.38 bits per heavy atom. The minimum atomic E-state index is 0.897. The molecule has 13 heavy (non-hydrogen) atoms. The molecule has 0 aromatic carbocycles. The Morgan fingerprint density at radius 1 is 1.46 bits per heavy atom. The monoisotopic (exact) mass is 229 g/mol. The van der Waals surface area contributed by atoms with Crippen molar-refractivity contribution >= 4 is 34.4 Å². The lowest BCUT2D eigenvalue weighted by Gasteiger charge is -1.90. The highest BCUT2D eigenvalue weighted by molar-refractivity contribution is 8.00. The number of hydrogen-bond acceptors (Lipinski definition) is 6. The lowest BCUT2D eigenvalue weighted by molar-refractivity contribution is 1.01. The quantitative estimate of drug-likeness (QED) is 0.758. The number of nitrogens with zero attached hydrogens (tertiary/aromatic N) is 3. The van der Waals surface area contributed by atoms with E-state index in [0.29, 0.717) is 0 Å². The van der Waals surface area contributed by atoms with E-state index in [0.717, 1.165) is 20.8 Å². The predicted octanol–water partition coefficient (Wildman–Crippen LogP) is 2.60. The van der Waals surface area contributed by atoms with E-state index in [4.69, 9.17) is 0 Å². The van der Waals surface area contributed by atoms with Crippen LogP contribution in [0.5, 0.6) is 0 Å². The van der Waals surface area contributed by atoms with Crippen LogP contribution in [0.4, 0.5) is 0 Å². The second kappa shape index (κ2) is 4.17. The zero-order chi connectivity index (χ0) is 9.10. The van der Waals surface area contributed by atoms with Crippen molar-refractivity contribution in [1.29, 1.82) is 0 Å². The number of thioether (sulfide) groups is 1. The van der Waals surface area contributed by atoms with Crippen molar-refractivity contribution in [2.45, 2.75) is 17.0 Å². The largest absolute Gasteiger partial charge is 0.246 e. The number of hydrogen-bond donors (Lipinski definition) is 0. The fourth-order valence-electron chi connectivity index (χ4n) is 0.818. The van der Waals surface area contributed by atoms with Crippen LogP contribution in [0.2, 0.25) is 0 Å². The van der Waals surface area contributed by atoms with Crippen LogP contribution < -0.4 is 0 Å². The summed E-state index contributed by atoms with van der Waals surface area (Å²) in [6.07, 6.45) is 0. The Labute approximate surface area is 88.2 Å². The molecule has 0 aliphatic rings. The first kappa shape index (κ1) is 9.11. The molecular weight excluding hydrogens is 222 g/mol. The first-order chi connectivity index (χ1) is 6.34. The molecule has 2 aromatic rings. The molecule has 6 heteroatoms. The molecule has 0 bridgehead atoms. The summed E-state index contributed by atoms with van der Waals surface area (Å²) in [7, 11) is 0. The summed E-state index contributed by atoms with van der Waals surface area (Å²) in [6, 6.07) is 0. The average molecular weight is 229 g/mol. The van der Waals surface area contributed by atoms with Gasteiger partial charge in [0.15, 0.2) is 4.34 Å². The fourth-order valence-corrected chi connectivity index (χ4v) is 3.10. The van der Waals surface area contributed by atoms with Crippen LogP contribution in [0.3, 0.4) is 0 Å². The molecule has 0 radical (unpaired) electrons. The van der Waals surface area contributed by atoms with Crippen molar-refractivity contribution in [1.82, 2.24) is 15.2 Å². The van der Waals surface area contributed by atoms with Crippen molar-refractivity contribution in [2.75, 3.05) is 0 Å². The molecule has 0 aliphatic heterocycles. The predicted molar refractivity (Wildman–Crippen MR) is 56.3 cm³/mol. The maximum atomic E-state index is 4.36. The van der Waals surface area contributed by atoms with Crippen molar-refractivity contribution in [2.24, 2.45) is 0 Å². The third-order valence-electron chi connectivity index (χ3n) is 1.33. The second-order valence-corrected chi connectivity index (χ2v) is 5.37. The Kier molecular flexibility index (Phi) is 2.92. The van der Waals surface area contributed by atoms with E-state index in [1.54, 1.807) is 39.9 Å². The minimum Gasteiger partial charge on any atom is -0.246 e. The van der Waals surface area contributed by atoms with Gasteiger partial charge >= 0.3 is 0 Å². The first-order valence-corrected chi connectivity index (χ1v) is 6.39. The summed E-state index contributed by atoms with van der Waals surface area (Å²) in [5, 5.41) is 10.9. The fraction of sp³-hybridized carbons (Fsp3) is 0.286. The zero-order valence-electron chi connectivity index (χ0n) is 6.93. The van der Waals surface area contributed by atoms with Crippen LogP contribution >= 0.6 is 34.4 Å². The second-order valence-electron chi connectivity index (χ2n) is 2.38. The van der Waals surface area contributed by atoms with Gasteiger partial charge in [0, 0.05) is 11.1 Å². The van der Waals surface area contributed by atoms with Crippen LogP contribution in [0, 0.1) is 6.92 Å². The molecule has 2 heterocycles. The van der Waals surface area contributed by atoms with E-state index in [1.807, 2.05) is 6.92 Å². The zero-order valence-corrected chi connectivity index (χ0v) is 9.38. The molecule has 0 amide bonds. The van der Waals surface area contributed by atoms with Gasteiger partial charge in [0.05, 0.1) is 5.75 Å². The van der Waals surface area contributed by atoms with E-state index in [-0.39, 0.29) is 0 Å². The Morgan fingerprint density at radius 3 is 3.00 bits per heavy atom. The standard InChI is InChI=1S/C7H7N3S3/c1-5-2-11-6(9-5)3-12-7-10-8-4-13-7/h2,4H,3H2,1H3. The van der Waals surface area contributed by atoms with Gasteiger partial charge in [0.1, 0.15) is 10.5 Å². The molecule has 0 spiro atoms. The van der Waals surface area contributed by atoms with Crippen molar-refractivity contribution in [3.05, 3.63) is 21.6 Å². The van der Waals surface area contributed by atoms with Gasteiger partial charge in [0.25, 0.3) is 0 Å². The molecular formula is C7H7N3S3. The molecule has 2 rings (SSSR count). The maximum absolute atomic E-state index is 4.36. The Balaban J connectivity index is 1.93. The van der Waals surface area contributed by atoms with Gasteiger partial charge < -0.3 is 0 Å². The highest BCUT2D eigenvalue weighted by atomic mass is 32.2. The molecule has 0 N–H and O–H groups in total. The number of aryl methyl sites for hydroxylation is 1. The van der Waals surface area contributed by atoms with E-state index in [2.05, 4.69) is 20.6 Å². The average Bonchev–Trinajstić information content (AvgIpc) is 2.71. The van der Waals surface area contributed by atoms with Gasteiger partial charge in [0.2, 0.25) is 0 Å². The molecule has 2 aromatic heterocycles. The van der Waals surface area contributed by atoms with E-state index in [9.17, 15) is 0 Å². The van der Waals surface area contributed by atoms with Crippen LogP contribution in [0.1, 0.15) is 10.7 Å². The topological polar surface area (TPSA) is 38.7 Å². The molecule has 0 atom stereocenters.